The number of nitrogens with zero attached hydrogens (tertiary/aromatic N) is 3. The first kappa shape index (κ1) is 18.4. The number of benzene rings is 2. The summed E-state index contributed by atoms with van der Waals surface area (Å²) in [5.41, 5.74) is 3.74. The fraction of sp³-hybridized carbons (Fsp3) is 0.0870. The van der Waals surface area contributed by atoms with Crippen LogP contribution in [0.2, 0.25) is 0 Å². The molecule has 0 atom stereocenters. The number of fused-ring (bicyclic) bond motifs is 1. The molecule has 0 aliphatic rings. The van der Waals surface area contributed by atoms with E-state index in [0.29, 0.717) is 17.8 Å². The number of anilines is 2. The SMILES string of the molecule is CC(=O)Nc1ccc(C(=O)N(Cc2cnc3ccccn23)c2ccccc2)cc1. The van der Waals surface area contributed by atoms with Crippen LogP contribution in [0.15, 0.2) is 85.2 Å². The van der Waals surface area contributed by atoms with Crippen LogP contribution in [0, 0.1) is 0 Å². The molecule has 0 bridgehead atoms. The Labute approximate surface area is 168 Å². The molecule has 0 aliphatic carbocycles. The number of hydrogen-bond donors (Lipinski definition) is 1. The van der Waals surface area contributed by atoms with Crippen LogP contribution in [0.25, 0.3) is 5.65 Å². The number of para-hydroxylation sites is 1. The smallest absolute Gasteiger partial charge is 0.258 e. The van der Waals surface area contributed by atoms with Gasteiger partial charge in [-0.3, -0.25) is 9.59 Å². The number of imidazole rings is 1. The first-order chi connectivity index (χ1) is 14.1. The minimum atomic E-state index is -0.150. The number of rotatable bonds is 5. The first-order valence-corrected chi connectivity index (χ1v) is 9.27. The Balaban J connectivity index is 1.67. The van der Waals surface area contributed by atoms with E-state index in [1.54, 1.807) is 35.4 Å². The Hall–Kier alpha value is -3.93. The summed E-state index contributed by atoms with van der Waals surface area (Å²) in [4.78, 5) is 30.7. The lowest BCUT2D eigenvalue weighted by Crippen LogP contribution is -2.30. The van der Waals surface area contributed by atoms with Crippen molar-refractivity contribution in [3.8, 4) is 0 Å². The average Bonchev–Trinajstić information content (AvgIpc) is 3.15. The Bertz CT molecular complexity index is 1150. The van der Waals surface area contributed by atoms with E-state index in [2.05, 4.69) is 10.3 Å². The summed E-state index contributed by atoms with van der Waals surface area (Å²) in [7, 11) is 0. The third-order valence-corrected chi connectivity index (χ3v) is 4.58. The standard InChI is InChI=1S/C23H20N4O2/c1-17(28)25-19-12-10-18(11-13-19)23(29)27(20-7-3-2-4-8-20)16-21-15-24-22-9-5-6-14-26(21)22/h2-15H,16H2,1H3,(H,25,28). The molecule has 0 spiro atoms. The topological polar surface area (TPSA) is 66.7 Å². The molecule has 4 aromatic rings. The highest BCUT2D eigenvalue weighted by Gasteiger charge is 2.20. The highest BCUT2D eigenvalue weighted by Crippen LogP contribution is 2.21. The second-order valence-electron chi connectivity index (χ2n) is 6.66. The molecule has 4 rings (SSSR count). The molecule has 6 nitrogen and oxygen atoms in total. The van der Waals surface area contributed by atoms with Crippen molar-refractivity contribution in [2.45, 2.75) is 13.5 Å². The largest absolute Gasteiger partial charge is 0.326 e. The molecule has 0 aliphatic heterocycles. The van der Waals surface area contributed by atoms with Crippen molar-refractivity contribution in [2.24, 2.45) is 0 Å². The predicted octanol–water partition coefficient (Wildman–Crippen LogP) is 4.14. The van der Waals surface area contributed by atoms with Crippen LogP contribution in [-0.2, 0) is 11.3 Å². The maximum atomic E-state index is 13.4. The molecule has 2 aromatic carbocycles. The van der Waals surface area contributed by atoms with E-state index in [4.69, 9.17) is 0 Å². The molecule has 0 saturated heterocycles. The van der Waals surface area contributed by atoms with Crippen molar-refractivity contribution in [3.05, 3.63) is 96.4 Å². The minimum Gasteiger partial charge on any atom is -0.326 e. The van der Waals surface area contributed by atoms with Crippen LogP contribution in [0.3, 0.4) is 0 Å². The van der Waals surface area contributed by atoms with Crippen LogP contribution < -0.4 is 10.2 Å². The maximum Gasteiger partial charge on any atom is 0.258 e. The highest BCUT2D eigenvalue weighted by atomic mass is 16.2. The number of carbonyl (C=O) groups excluding carboxylic acids is 2. The second kappa shape index (κ2) is 7.98. The van der Waals surface area contributed by atoms with Crippen LogP contribution in [-0.4, -0.2) is 21.2 Å². The Kier molecular flexibility index (Phi) is 5.07. The van der Waals surface area contributed by atoms with Gasteiger partial charge in [0, 0.05) is 30.1 Å². The predicted molar refractivity (Wildman–Crippen MR) is 113 cm³/mol. The zero-order chi connectivity index (χ0) is 20.2. The van der Waals surface area contributed by atoms with Crippen LogP contribution in [0.5, 0.6) is 0 Å². The van der Waals surface area contributed by atoms with Gasteiger partial charge in [0.25, 0.3) is 5.91 Å². The third-order valence-electron chi connectivity index (χ3n) is 4.58. The number of aromatic nitrogens is 2. The normalized spacial score (nSPS) is 10.7. The molecular weight excluding hydrogens is 364 g/mol. The van der Waals surface area contributed by atoms with E-state index in [-0.39, 0.29) is 11.8 Å². The van der Waals surface area contributed by atoms with Crippen molar-refractivity contribution in [3.63, 3.8) is 0 Å². The third kappa shape index (κ3) is 4.01. The second-order valence-corrected chi connectivity index (χ2v) is 6.66. The number of carbonyl (C=O) groups is 2. The molecule has 144 valence electrons. The summed E-state index contributed by atoms with van der Waals surface area (Å²) < 4.78 is 1.98. The molecular formula is C23H20N4O2. The lowest BCUT2D eigenvalue weighted by atomic mass is 10.1. The van der Waals surface area contributed by atoms with Crippen LogP contribution >= 0.6 is 0 Å². The van der Waals surface area contributed by atoms with Gasteiger partial charge in [0.15, 0.2) is 0 Å². The summed E-state index contributed by atoms with van der Waals surface area (Å²) in [6.07, 6.45) is 3.73. The highest BCUT2D eigenvalue weighted by molar-refractivity contribution is 6.06. The van der Waals surface area contributed by atoms with Gasteiger partial charge < -0.3 is 14.6 Å². The summed E-state index contributed by atoms with van der Waals surface area (Å²) in [6.45, 7) is 1.83. The molecule has 0 radical (unpaired) electrons. The molecule has 0 saturated carbocycles. The van der Waals surface area contributed by atoms with Crippen molar-refractivity contribution in [1.82, 2.24) is 9.38 Å². The van der Waals surface area contributed by atoms with Gasteiger partial charge in [-0.1, -0.05) is 24.3 Å². The number of nitrogens with one attached hydrogen (secondary N) is 1. The van der Waals surface area contributed by atoms with E-state index < -0.39 is 0 Å². The van der Waals surface area contributed by atoms with Crippen molar-refractivity contribution < 1.29 is 9.59 Å². The van der Waals surface area contributed by atoms with Gasteiger partial charge >= 0.3 is 0 Å². The summed E-state index contributed by atoms with van der Waals surface area (Å²) in [5.74, 6) is -0.279. The minimum absolute atomic E-state index is 0.128. The Morgan fingerprint density at radius 2 is 1.69 bits per heavy atom. The molecule has 2 amide bonds. The summed E-state index contributed by atoms with van der Waals surface area (Å²) >= 11 is 0. The van der Waals surface area contributed by atoms with Gasteiger partial charge in [0.05, 0.1) is 18.4 Å². The van der Waals surface area contributed by atoms with E-state index in [1.807, 2.05) is 59.1 Å². The molecule has 0 unspecified atom stereocenters. The van der Waals surface area contributed by atoms with Gasteiger partial charge in [0.1, 0.15) is 5.65 Å². The number of hydrogen-bond acceptors (Lipinski definition) is 3. The lowest BCUT2D eigenvalue weighted by Gasteiger charge is -2.23. The number of amides is 2. The fourth-order valence-electron chi connectivity index (χ4n) is 3.21. The van der Waals surface area contributed by atoms with Crippen LogP contribution in [0.1, 0.15) is 23.0 Å². The van der Waals surface area contributed by atoms with E-state index in [9.17, 15) is 9.59 Å². The molecule has 6 heteroatoms. The maximum absolute atomic E-state index is 13.4. The Morgan fingerprint density at radius 3 is 2.41 bits per heavy atom. The summed E-state index contributed by atoms with van der Waals surface area (Å²) in [6, 6.07) is 22.2. The van der Waals surface area contributed by atoms with Gasteiger partial charge in [-0.25, -0.2) is 4.98 Å². The molecule has 1 N–H and O–H groups in total. The monoisotopic (exact) mass is 384 g/mol. The molecule has 0 fully saturated rings. The van der Waals surface area contributed by atoms with E-state index in [0.717, 1.165) is 17.0 Å². The molecule has 2 aromatic heterocycles. The van der Waals surface area contributed by atoms with Gasteiger partial charge in [0.2, 0.25) is 5.91 Å². The van der Waals surface area contributed by atoms with Gasteiger partial charge in [-0.2, -0.15) is 0 Å². The van der Waals surface area contributed by atoms with E-state index >= 15 is 0 Å². The van der Waals surface area contributed by atoms with Crippen molar-refractivity contribution >= 4 is 28.8 Å². The molecule has 29 heavy (non-hydrogen) atoms. The lowest BCUT2D eigenvalue weighted by molar-refractivity contribution is -0.114. The zero-order valence-electron chi connectivity index (χ0n) is 15.9. The quantitative estimate of drug-likeness (QED) is 0.562. The zero-order valence-corrected chi connectivity index (χ0v) is 15.9. The summed E-state index contributed by atoms with van der Waals surface area (Å²) in [5, 5.41) is 2.71. The first-order valence-electron chi connectivity index (χ1n) is 9.27. The van der Waals surface area contributed by atoms with Crippen LogP contribution in [0.4, 0.5) is 11.4 Å². The van der Waals surface area contributed by atoms with E-state index in [1.165, 1.54) is 6.92 Å². The van der Waals surface area contributed by atoms with Gasteiger partial charge in [-0.05, 0) is 48.5 Å². The van der Waals surface area contributed by atoms with Gasteiger partial charge in [-0.15, -0.1) is 0 Å². The van der Waals surface area contributed by atoms with Crippen molar-refractivity contribution in [1.29, 1.82) is 0 Å². The fourth-order valence-corrected chi connectivity index (χ4v) is 3.21. The Morgan fingerprint density at radius 1 is 0.966 bits per heavy atom. The number of pyridine rings is 1. The molecule has 2 heterocycles. The average molecular weight is 384 g/mol. The van der Waals surface area contributed by atoms with Crippen molar-refractivity contribution in [2.75, 3.05) is 10.2 Å².